The van der Waals surface area contributed by atoms with Crippen LogP contribution in [0.5, 0.6) is 0 Å². The van der Waals surface area contributed by atoms with Gasteiger partial charge in [-0.2, -0.15) is 0 Å². The number of hydrogen-bond donors (Lipinski definition) is 13. The molecule has 26 nitrogen and oxygen atoms in total. The molecule has 26 heteroatoms. The zero-order valence-corrected chi connectivity index (χ0v) is 39.9. The van der Waals surface area contributed by atoms with E-state index in [1.165, 1.54) is 11.8 Å². The number of primary amides is 1. The fourth-order valence-electron chi connectivity index (χ4n) is 6.84. The van der Waals surface area contributed by atoms with E-state index in [0.717, 1.165) is 0 Å². The van der Waals surface area contributed by atoms with Gasteiger partial charge in [0.25, 0.3) is 0 Å². The molecule has 8 atom stereocenters. The Bertz CT molecular complexity index is 1780. The highest BCUT2D eigenvalue weighted by Crippen LogP contribution is 2.18. The van der Waals surface area contributed by atoms with Crippen molar-refractivity contribution in [3.63, 3.8) is 0 Å². The van der Waals surface area contributed by atoms with Gasteiger partial charge in [-0.15, -0.1) is 0 Å². The average Bonchev–Trinajstić information content (AvgIpc) is 3.79. The van der Waals surface area contributed by atoms with Gasteiger partial charge in [-0.3, -0.25) is 52.9 Å². The quantitative estimate of drug-likeness (QED) is 0.0129. The Morgan fingerprint density at radius 3 is 1.91 bits per heavy atom. The molecule has 0 saturated carbocycles. The molecule has 1 heterocycles. The molecule has 1 aliphatic heterocycles. The molecule has 1 rings (SSSR count). The molecule has 1 saturated heterocycles. The number of rotatable bonds is 32. The second kappa shape index (κ2) is 31.5. The number of aliphatic imine (C=N–C) groups is 1. The molecule has 0 aromatic carbocycles. The maximum absolute atomic E-state index is 13.9. The van der Waals surface area contributed by atoms with E-state index in [-0.39, 0.29) is 51.2 Å². The van der Waals surface area contributed by atoms with E-state index in [9.17, 15) is 52.7 Å². The zero-order chi connectivity index (χ0) is 51.5. The molecule has 18 N–H and O–H groups in total. The van der Waals surface area contributed by atoms with Gasteiger partial charge in [0.1, 0.15) is 36.5 Å². The summed E-state index contributed by atoms with van der Waals surface area (Å²) < 4.78 is 0. The summed E-state index contributed by atoms with van der Waals surface area (Å²) in [5, 5.41) is 20.1. The van der Waals surface area contributed by atoms with Crippen molar-refractivity contribution < 1.29 is 52.7 Å². The second-order valence-electron chi connectivity index (χ2n) is 17.0. The van der Waals surface area contributed by atoms with E-state index in [4.69, 9.17) is 28.7 Å². The van der Waals surface area contributed by atoms with E-state index in [0.29, 0.717) is 44.9 Å². The van der Waals surface area contributed by atoms with E-state index in [1.807, 2.05) is 0 Å². The van der Waals surface area contributed by atoms with Crippen molar-refractivity contribution >= 4 is 71.3 Å². The van der Waals surface area contributed by atoms with Gasteiger partial charge in [-0.1, -0.05) is 40.5 Å². The van der Waals surface area contributed by atoms with Crippen molar-refractivity contribution in [2.24, 2.45) is 45.5 Å². The minimum absolute atomic E-state index is 0.00447. The van der Waals surface area contributed by atoms with Crippen molar-refractivity contribution in [2.75, 3.05) is 39.3 Å². The number of amides is 10. The van der Waals surface area contributed by atoms with E-state index in [2.05, 4.69) is 47.5 Å². The smallest absolute Gasteiger partial charge is 0.243 e. The van der Waals surface area contributed by atoms with Gasteiger partial charge < -0.3 is 80.9 Å². The number of unbranched alkanes of at least 4 members (excludes halogenated alkanes) is 1. The third kappa shape index (κ3) is 22.4. The van der Waals surface area contributed by atoms with Crippen LogP contribution in [0.4, 0.5) is 0 Å². The van der Waals surface area contributed by atoms with Gasteiger partial charge >= 0.3 is 0 Å². The van der Waals surface area contributed by atoms with Crippen molar-refractivity contribution in [1.82, 2.24) is 47.4 Å². The summed E-state index contributed by atoms with van der Waals surface area (Å²) in [5.41, 5.74) is 27.5. The zero-order valence-electron chi connectivity index (χ0n) is 39.9. The van der Waals surface area contributed by atoms with Gasteiger partial charge in [-0.05, 0) is 70.3 Å². The van der Waals surface area contributed by atoms with Crippen LogP contribution in [0.15, 0.2) is 4.99 Å². The topological polar surface area (TPSA) is 430 Å². The molecule has 0 bridgehead atoms. The third-order valence-electron chi connectivity index (χ3n) is 11.0. The van der Waals surface area contributed by atoms with Crippen LogP contribution >= 0.6 is 0 Å². The lowest BCUT2D eigenvalue weighted by Crippen LogP contribution is -2.59. The Kier molecular flexibility index (Phi) is 27.6. The minimum atomic E-state index is -1.25. The van der Waals surface area contributed by atoms with Gasteiger partial charge in [0.2, 0.25) is 59.1 Å². The summed E-state index contributed by atoms with van der Waals surface area (Å²) in [4.78, 5) is 146. The molecule has 384 valence electrons. The molecule has 0 spiro atoms. The van der Waals surface area contributed by atoms with Crippen LogP contribution in [0.3, 0.4) is 0 Å². The molecular formula is C42H75N15O11. The summed E-state index contributed by atoms with van der Waals surface area (Å²) in [6.07, 6.45) is 3.04. The first kappa shape index (κ1) is 59.6. The molecule has 68 heavy (non-hydrogen) atoms. The van der Waals surface area contributed by atoms with Crippen LogP contribution in [-0.4, -0.2) is 158 Å². The number of guanidine groups is 1. The van der Waals surface area contributed by atoms with Crippen LogP contribution in [0.1, 0.15) is 98.8 Å². The fourth-order valence-corrected chi connectivity index (χ4v) is 6.84. The monoisotopic (exact) mass is 966 g/mol. The summed E-state index contributed by atoms with van der Waals surface area (Å²) in [5.74, 6) is -8.14. The third-order valence-corrected chi connectivity index (χ3v) is 11.0. The van der Waals surface area contributed by atoms with Crippen LogP contribution in [0.25, 0.3) is 0 Å². The number of likely N-dealkylation sites (tertiary alicyclic amines) is 1. The Labute approximate surface area is 396 Å². The Hall–Kier alpha value is -6.44. The number of nitrogens with zero attached hydrogens (tertiary/aromatic N) is 2. The van der Waals surface area contributed by atoms with Gasteiger partial charge in [-0.25, -0.2) is 0 Å². The van der Waals surface area contributed by atoms with Crippen LogP contribution < -0.4 is 71.2 Å². The molecular weight excluding hydrogens is 891 g/mol. The van der Waals surface area contributed by atoms with Crippen molar-refractivity contribution in [1.29, 1.82) is 0 Å². The number of carbonyl (C=O) groups excluding carboxylic acids is 11. The number of nitrogens with one attached hydrogen (secondary N) is 8. The highest BCUT2D eigenvalue weighted by Gasteiger charge is 2.36. The first-order chi connectivity index (χ1) is 32.1. The summed E-state index contributed by atoms with van der Waals surface area (Å²) in [6, 6.07) is -7.57. The van der Waals surface area contributed by atoms with Crippen LogP contribution in [-0.2, 0) is 52.7 Å². The SMILES string of the molecule is CC[C@H](C)[C@H](NC(=O)[C@H](CCCN=C(N)N)NC(=O)[C@@H](NC(=O)CNC(=O)[C@@H](N)CCCCN)C(C)C)C(=O)NCC(=O)N1CCC[C@H]1C(=O)NCC(=O)N[C@@H](CCC(N)=O)C(=O)N[C@@H](C)C=O. The number of hydrogen-bond acceptors (Lipinski definition) is 14. The molecule has 0 aliphatic carbocycles. The maximum atomic E-state index is 13.9. The first-order valence-electron chi connectivity index (χ1n) is 22.9. The number of carbonyl (C=O) groups is 11. The molecule has 0 unspecified atom stereocenters. The van der Waals surface area contributed by atoms with Crippen molar-refractivity contribution in [2.45, 2.75) is 141 Å². The Morgan fingerprint density at radius 1 is 0.691 bits per heavy atom. The van der Waals surface area contributed by atoms with Crippen LogP contribution in [0, 0.1) is 11.8 Å². The standard InChI is InChI=1S/C42H75N15O11/c1-6-24(4)35(40(67)51-21-33(62)57-18-10-13-29(57)39(66)50-19-31(60)53-28(14-15-30(45)59)37(64)52-25(5)22-58)56-38(65)27(12-9-17-48-42(46)47)54-41(68)34(23(2)3)55-32(61)20-49-36(63)26(44)11-7-8-16-43/h22-29,34-35H,6-21,43-44H2,1-5H3,(H2,45,59)(H,49,63)(H,50,66)(H,51,67)(H,52,64)(H,53,60)(H,54,68)(H,55,61)(H,56,65)(H4,46,47,48)/t24-,25-,26-,27-,28-,29-,34-,35-/m0/s1. The molecule has 0 aromatic rings. The minimum Gasteiger partial charge on any atom is -0.370 e. The van der Waals surface area contributed by atoms with Crippen LogP contribution in [0.2, 0.25) is 0 Å². The van der Waals surface area contributed by atoms with Gasteiger partial charge in [0, 0.05) is 19.5 Å². The van der Waals surface area contributed by atoms with Gasteiger partial charge in [0.15, 0.2) is 5.96 Å². The maximum Gasteiger partial charge on any atom is 0.243 e. The molecule has 0 radical (unpaired) electrons. The van der Waals surface area contributed by atoms with Gasteiger partial charge in [0.05, 0.1) is 31.7 Å². The lowest BCUT2D eigenvalue weighted by atomic mass is 9.97. The predicted molar refractivity (Wildman–Crippen MR) is 249 cm³/mol. The Balaban J connectivity index is 3.04. The Morgan fingerprint density at radius 2 is 1.31 bits per heavy atom. The first-order valence-corrected chi connectivity index (χ1v) is 22.9. The van der Waals surface area contributed by atoms with E-state index < -0.39 is 133 Å². The van der Waals surface area contributed by atoms with Crippen molar-refractivity contribution in [3.8, 4) is 0 Å². The molecule has 0 aromatic heterocycles. The number of nitrogens with two attached hydrogens (primary N) is 5. The van der Waals surface area contributed by atoms with E-state index >= 15 is 0 Å². The molecule has 1 aliphatic rings. The summed E-state index contributed by atoms with van der Waals surface area (Å²) >= 11 is 0. The van der Waals surface area contributed by atoms with Crippen molar-refractivity contribution in [3.05, 3.63) is 0 Å². The summed E-state index contributed by atoms with van der Waals surface area (Å²) in [6.45, 7) is 7.32. The lowest BCUT2D eigenvalue weighted by Gasteiger charge is -2.29. The largest absolute Gasteiger partial charge is 0.370 e. The highest BCUT2D eigenvalue weighted by atomic mass is 16.2. The normalized spacial score (nSPS) is 16.2. The predicted octanol–water partition coefficient (Wildman–Crippen LogP) is -5.55. The second-order valence-corrected chi connectivity index (χ2v) is 17.0. The number of aldehydes is 1. The summed E-state index contributed by atoms with van der Waals surface area (Å²) in [7, 11) is 0. The fraction of sp³-hybridized carbons (Fsp3) is 0.714. The molecule has 10 amide bonds. The lowest BCUT2D eigenvalue weighted by molar-refractivity contribution is -0.139. The molecule has 1 fully saturated rings. The van der Waals surface area contributed by atoms with E-state index in [1.54, 1.807) is 27.7 Å². The average molecular weight is 966 g/mol. The highest BCUT2D eigenvalue weighted by molar-refractivity contribution is 5.97.